The number of rotatable bonds is 4. The fourth-order valence-electron chi connectivity index (χ4n) is 2.42. The van der Waals surface area contributed by atoms with Gasteiger partial charge in [-0.3, -0.25) is 0 Å². The van der Waals surface area contributed by atoms with E-state index in [9.17, 15) is 4.39 Å². The first-order valence-corrected chi connectivity index (χ1v) is 7.72. The van der Waals surface area contributed by atoms with Gasteiger partial charge < -0.3 is 10.2 Å². The number of nitrogens with one attached hydrogen (secondary N) is 1. The van der Waals surface area contributed by atoms with Crippen molar-refractivity contribution in [2.45, 2.75) is 26.2 Å². The van der Waals surface area contributed by atoms with Crippen molar-refractivity contribution in [1.29, 1.82) is 0 Å². The van der Waals surface area contributed by atoms with Gasteiger partial charge in [0, 0.05) is 31.0 Å². The second-order valence-corrected chi connectivity index (χ2v) is 6.90. The Morgan fingerprint density at radius 1 is 1.17 bits per heavy atom. The van der Waals surface area contributed by atoms with Crippen LogP contribution in [0.1, 0.15) is 26.5 Å². The average molecular weight is 316 g/mol. The Bertz CT molecular complexity index is 644. The molecule has 3 heterocycles. The molecular formula is C16H21FN6. The third-order valence-electron chi connectivity index (χ3n) is 3.87. The second kappa shape index (κ2) is 6.06. The van der Waals surface area contributed by atoms with Crippen LogP contribution in [0.3, 0.4) is 0 Å². The predicted molar refractivity (Wildman–Crippen MR) is 86.9 cm³/mol. The number of anilines is 2. The van der Waals surface area contributed by atoms with Crippen molar-refractivity contribution in [2.24, 2.45) is 5.92 Å². The van der Waals surface area contributed by atoms with Crippen LogP contribution in [0.4, 0.5) is 16.2 Å². The molecule has 0 atom stereocenters. The van der Waals surface area contributed by atoms with Gasteiger partial charge in [0.05, 0.1) is 18.1 Å². The van der Waals surface area contributed by atoms with Gasteiger partial charge in [0.15, 0.2) is 11.6 Å². The summed E-state index contributed by atoms with van der Waals surface area (Å²) in [5.41, 5.74) is 1.01. The number of halogens is 1. The summed E-state index contributed by atoms with van der Waals surface area (Å²) in [6, 6.07) is 4.07. The van der Waals surface area contributed by atoms with Crippen LogP contribution < -0.4 is 10.2 Å². The fourth-order valence-corrected chi connectivity index (χ4v) is 2.42. The highest BCUT2D eigenvalue weighted by Gasteiger charge is 2.28. The number of hydrogen-bond donors (Lipinski definition) is 1. The van der Waals surface area contributed by atoms with Crippen molar-refractivity contribution in [1.82, 2.24) is 20.2 Å². The van der Waals surface area contributed by atoms with Crippen LogP contribution in [0, 0.1) is 11.7 Å². The molecule has 1 aliphatic heterocycles. The molecule has 0 bridgehead atoms. The molecule has 1 fully saturated rings. The highest BCUT2D eigenvalue weighted by Crippen LogP contribution is 2.25. The summed E-state index contributed by atoms with van der Waals surface area (Å²) in [7, 11) is 0. The van der Waals surface area contributed by atoms with Crippen LogP contribution >= 0.6 is 0 Å². The van der Waals surface area contributed by atoms with Crippen LogP contribution in [0.25, 0.3) is 0 Å². The normalized spacial score (nSPS) is 15.4. The van der Waals surface area contributed by atoms with Gasteiger partial charge in [0.2, 0.25) is 5.95 Å². The van der Waals surface area contributed by atoms with E-state index < -0.39 is 5.82 Å². The molecule has 0 radical (unpaired) electrons. The van der Waals surface area contributed by atoms with E-state index in [1.807, 2.05) is 12.1 Å². The molecule has 6 nitrogen and oxygen atoms in total. The van der Waals surface area contributed by atoms with Crippen molar-refractivity contribution in [2.75, 3.05) is 29.9 Å². The smallest absolute Gasteiger partial charge is 0.222 e. The molecule has 1 saturated heterocycles. The lowest BCUT2D eigenvalue weighted by Gasteiger charge is -2.40. The minimum absolute atomic E-state index is 0.0160. The lowest BCUT2D eigenvalue weighted by Crippen LogP contribution is -2.50. The Balaban J connectivity index is 1.48. The summed E-state index contributed by atoms with van der Waals surface area (Å²) in [5, 5.41) is 11.8. The zero-order valence-corrected chi connectivity index (χ0v) is 13.6. The minimum atomic E-state index is -0.428. The lowest BCUT2D eigenvalue weighted by molar-refractivity contribution is 0.423. The van der Waals surface area contributed by atoms with Gasteiger partial charge >= 0.3 is 0 Å². The highest BCUT2D eigenvalue weighted by molar-refractivity contribution is 5.41. The largest absolute Gasteiger partial charge is 0.354 e. The van der Waals surface area contributed by atoms with Gasteiger partial charge in [-0.05, 0) is 12.1 Å². The second-order valence-electron chi connectivity index (χ2n) is 6.90. The molecular weight excluding hydrogens is 295 g/mol. The first-order chi connectivity index (χ1) is 10.9. The Morgan fingerprint density at radius 2 is 1.87 bits per heavy atom. The maximum atomic E-state index is 12.7. The molecule has 0 aromatic carbocycles. The van der Waals surface area contributed by atoms with E-state index in [1.54, 1.807) is 0 Å². The zero-order chi connectivity index (χ0) is 16.4. The molecule has 7 heteroatoms. The molecule has 0 saturated carbocycles. The summed E-state index contributed by atoms with van der Waals surface area (Å²) >= 11 is 0. The summed E-state index contributed by atoms with van der Waals surface area (Å²) in [6.45, 7) is 8.96. The van der Waals surface area contributed by atoms with Gasteiger partial charge in [0.1, 0.15) is 0 Å². The van der Waals surface area contributed by atoms with Crippen molar-refractivity contribution in [3.8, 4) is 0 Å². The van der Waals surface area contributed by atoms with Crippen LogP contribution in [0.2, 0.25) is 0 Å². The van der Waals surface area contributed by atoms with E-state index in [0.29, 0.717) is 11.9 Å². The molecule has 1 aliphatic rings. The molecule has 0 spiro atoms. The molecule has 0 unspecified atom stereocenters. The van der Waals surface area contributed by atoms with Gasteiger partial charge in [-0.15, -0.1) is 5.10 Å². The van der Waals surface area contributed by atoms with Crippen LogP contribution in [-0.2, 0) is 5.41 Å². The van der Waals surface area contributed by atoms with E-state index >= 15 is 0 Å². The third kappa shape index (κ3) is 3.72. The Hall–Kier alpha value is -2.31. The van der Waals surface area contributed by atoms with Crippen molar-refractivity contribution >= 4 is 11.8 Å². The first-order valence-electron chi connectivity index (χ1n) is 7.72. The average Bonchev–Trinajstić information content (AvgIpc) is 2.47. The van der Waals surface area contributed by atoms with Gasteiger partial charge in [-0.1, -0.05) is 20.8 Å². The zero-order valence-electron chi connectivity index (χ0n) is 13.6. The van der Waals surface area contributed by atoms with E-state index in [2.05, 4.69) is 51.2 Å². The van der Waals surface area contributed by atoms with Crippen LogP contribution in [0.15, 0.2) is 24.5 Å². The standard InChI is InChI=1S/C16H21FN6/c1-16(2,3)13-4-5-14(22-21-13)23-9-11(10-23)6-18-15-19-7-12(17)8-20-15/h4-5,7-8,11H,6,9-10H2,1-3H3,(H,18,19,20). The maximum absolute atomic E-state index is 12.7. The third-order valence-corrected chi connectivity index (χ3v) is 3.87. The number of nitrogens with zero attached hydrogens (tertiary/aromatic N) is 5. The number of aromatic nitrogens is 4. The summed E-state index contributed by atoms with van der Waals surface area (Å²) in [6.07, 6.45) is 2.32. The minimum Gasteiger partial charge on any atom is -0.354 e. The van der Waals surface area contributed by atoms with Gasteiger partial charge in [-0.25, -0.2) is 14.4 Å². The maximum Gasteiger partial charge on any atom is 0.222 e. The summed E-state index contributed by atoms with van der Waals surface area (Å²) in [4.78, 5) is 9.96. The molecule has 0 amide bonds. The van der Waals surface area contributed by atoms with Crippen LogP contribution in [0.5, 0.6) is 0 Å². The van der Waals surface area contributed by atoms with E-state index in [-0.39, 0.29) is 5.41 Å². The Morgan fingerprint density at radius 3 is 2.43 bits per heavy atom. The molecule has 1 N–H and O–H groups in total. The topological polar surface area (TPSA) is 66.8 Å². The molecule has 2 aromatic rings. The van der Waals surface area contributed by atoms with E-state index in [4.69, 9.17) is 0 Å². The van der Waals surface area contributed by atoms with Crippen LogP contribution in [-0.4, -0.2) is 39.8 Å². The van der Waals surface area contributed by atoms with E-state index in [0.717, 1.165) is 43.5 Å². The van der Waals surface area contributed by atoms with E-state index in [1.165, 1.54) is 0 Å². The van der Waals surface area contributed by atoms with Crippen molar-refractivity contribution < 1.29 is 4.39 Å². The van der Waals surface area contributed by atoms with Gasteiger partial charge in [0.25, 0.3) is 0 Å². The highest BCUT2D eigenvalue weighted by atomic mass is 19.1. The summed E-state index contributed by atoms with van der Waals surface area (Å²) < 4.78 is 12.7. The van der Waals surface area contributed by atoms with Crippen molar-refractivity contribution in [3.63, 3.8) is 0 Å². The lowest BCUT2D eigenvalue weighted by atomic mass is 9.92. The predicted octanol–water partition coefficient (Wildman–Crippen LogP) is 2.25. The first kappa shape index (κ1) is 15.6. The fraction of sp³-hybridized carbons (Fsp3) is 0.500. The monoisotopic (exact) mass is 316 g/mol. The molecule has 0 aliphatic carbocycles. The van der Waals surface area contributed by atoms with Crippen molar-refractivity contribution in [3.05, 3.63) is 36.0 Å². The summed E-state index contributed by atoms with van der Waals surface area (Å²) in [5.74, 6) is 1.43. The number of hydrogen-bond acceptors (Lipinski definition) is 6. The molecule has 23 heavy (non-hydrogen) atoms. The van der Waals surface area contributed by atoms with Gasteiger partial charge in [-0.2, -0.15) is 5.10 Å². The molecule has 122 valence electrons. The Kier molecular flexibility index (Phi) is 4.11. The Labute approximate surface area is 135 Å². The molecule has 2 aromatic heterocycles. The quantitative estimate of drug-likeness (QED) is 0.933. The SMILES string of the molecule is CC(C)(C)c1ccc(N2CC(CNc3ncc(F)cn3)C2)nn1. The molecule has 3 rings (SSSR count).